The molecule has 1 unspecified atom stereocenters. The van der Waals surface area contributed by atoms with E-state index in [9.17, 15) is 14.7 Å². The van der Waals surface area contributed by atoms with E-state index in [2.05, 4.69) is 12.2 Å². The summed E-state index contributed by atoms with van der Waals surface area (Å²) in [6, 6.07) is 0.0824. The molecule has 1 aliphatic carbocycles. The predicted molar refractivity (Wildman–Crippen MR) is 76.6 cm³/mol. The maximum absolute atomic E-state index is 12.5. The number of piperidine rings is 1. The Bertz CT molecular complexity index is 364. The lowest BCUT2D eigenvalue weighted by Crippen LogP contribution is -2.60. The van der Waals surface area contributed by atoms with Gasteiger partial charge < -0.3 is 15.3 Å². The number of hydrogen-bond donors (Lipinski definition) is 2. The van der Waals surface area contributed by atoms with E-state index in [1.54, 1.807) is 0 Å². The van der Waals surface area contributed by atoms with Crippen LogP contribution in [0, 0.1) is 0 Å². The Balaban J connectivity index is 2.05. The van der Waals surface area contributed by atoms with Gasteiger partial charge in [-0.1, -0.05) is 26.2 Å². The normalized spacial score (nSPS) is 26.1. The maximum atomic E-state index is 12.5. The van der Waals surface area contributed by atoms with E-state index < -0.39 is 11.5 Å². The van der Waals surface area contributed by atoms with Gasteiger partial charge in [-0.3, -0.25) is 0 Å². The van der Waals surface area contributed by atoms with Crippen molar-refractivity contribution in [3.8, 4) is 0 Å². The number of carboxylic acid groups (broad SMARTS) is 1. The molecule has 2 N–H and O–H groups in total. The van der Waals surface area contributed by atoms with Crippen LogP contribution < -0.4 is 5.32 Å². The molecule has 0 aromatic rings. The molecule has 2 rings (SSSR count). The lowest BCUT2D eigenvalue weighted by molar-refractivity contribution is -0.146. The summed E-state index contributed by atoms with van der Waals surface area (Å²) in [6.45, 7) is 2.84. The second-order valence-corrected chi connectivity index (χ2v) is 6.13. The highest BCUT2D eigenvalue weighted by Crippen LogP contribution is 2.29. The number of hydrogen-bond acceptors (Lipinski definition) is 2. The van der Waals surface area contributed by atoms with E-state index in [0.29, 0.717) is 12.8 Å². The van der Waals surface area contributed by atoms with Crippen molar-refractivity contribution >= 4 is 12.0 Å². The molecule has 0 radical (unpaired) electrons. The second-order valence-electron chi connectivity index (χ2n) is 6.13. The Kier molecular flexibility index (Phi) is 4.89. The molecule has 0 bridgehead atoms. The summed E-state index contributed by atoms with van der Waals surface area (Å²) in [7, 11) is 0. The van der Waals surface area contributed by atoms with Gasteiger partial charge in [-0.2, -0.15) is 0 Å². The fraction of sp³-hybridized carbons (Fsp3) is 0.867. The van der Waals surface area contributed by atoms with E-state index in [-0.39, 0.29) is 12.1 Å². The number of nitrogens with zero attached hydrogens (tertiary/aromatic N) is 1. The molecule has 0 aromatic heterocycles. The Morgan fingerprint density at radius 3 is 2.50 bits per heavy atom. The van der Waals surface area contributed by atoms with Crippen LogP contribution in [0.4, 0.5) is 4.79 Å². The molecule has 1 saturated heterocycles. The highest BCUT2D eigenvalue weighted by atomic mass is 16.4. The smallest absolute Gasteiger partial charge is 0.329 e. The topological polar surface area (TPSA) is 69.6 Å². The van der Waals surface area contributed by atoms with Crippen molar-refractivity contribution in [3.05, 3.63) is 0 Å². The number of amides is 2. The third-order valence-corrected chi connectivity index (χ3v) is 4.82. The Morgan fingerprint density at radius 2 is 1.90 bits per heavy atom. The fourth-order valence-corrected chi connectivity index (χ4v) is 3.52. The molecule has 5 nitrogen and oxygen atoms in total. The highest BCUT2D eigenvalue weighted by Gasteiger charge is 2.42. The number of rotatable bonds is 3. The van der Waals surface area contributed by atoms with Crippen molar-refractivity contribution < 1.29 is 14.7 Å². The molecular formula is C15H26N2O3. The third-order valence-electron chi connectivity index (χ3n) is 4.82. The van der Waals surface area contributed by atoms with Gasteiger partial charge in [-0.05, 0) is 38.5 Å². The van der Waals surface area contributed by atoms with Crippen molar-refractivity contribution in [2.45, 2.75) is 76.3 Å². The van der Waals surface area contributed by atoms with E-state index in [1.807, 2.05) is 4.90 Å². The molecule has 114 valence electrons. The van der Waals surface area contributed by atoms with Gasteiger partial charge in [0.05, 0.1) is 0 Å². The minimum Gasteiger partial charge on any atom is -0.480 e. The Labute approximate surface area is 120 Å². The van der Waals surface area contributed by atoms with E-state index in [1.165, 1.54) is 0 Å². The third kappa shape index (κ3) is 3.07. The molecular weight excluding hydrogens is 256 g/mol. The van der Waals surface area contributed by atoms with Gasteiger partial charge in [0.15, 0.2) is 0 Å². The van der Waals surface area contributed by atoms with Crippen LogP contribution in [0.3, 0.4) is 0 Å². The SMILES string of the molecule is CCC1CCCCN1C(=O)NC1(C(=O)O)CCCCC1. The first kappa shape index (κ1) is 15.1. The van der Waals surface area contributed by atoms with Gasteiger partial charge in [0, 0.05) is 12.6 Å². The molecule has 5 heteroatoms. The lowest BCUT2D eigenvalue weighted by atomic mass is 9.81. The van der Waals surface area contributed by atoms with Crippen LogP contribution in [0.25, 0.3) is 0 Å². The maximum Gasteiger partial charge on any atom is 0.329 e. The summed E-state index contributed by atoms with van der Waals surface area (Å²) in [6.07, 6.45) is 8.07. The number of likely N-dealkylation sites (tertiary alicyclic amines) is 1. The fourth-order valence-electron chi connectivity index (χ4n) is 3.52. The highest BCUT2D eigenvalue weighted by molar-refractivity contribution is 5.86. The summed E-state index contributed by atoms with van der Waals surface area (Å²) in [5.74, 6) is -0.879. The number of aliphatic carboxylic acids is 1. The van der Waals surface area contributed by atoms with Gasteiger partial charge in [0.2, 0.25) is 0 Å². The number of nitrogens with one attached hydrogen (secondary N) is 1. The van der Waals surface area contributed by atoms with Gasteiger partial charge in [0.25, 0.3) is 0 Å². The van der Waals surface area contributed by atoms with Gasteiger partial charge in [0.1, 0.15) is 5.54 Å². The molecule has 1 saturated carbocycles. The quantitative estimate of drug-likeness (QED) is 0.836. The lowest BCUT2D eigenvalue weighted by Gasteiger charge is -2.40. The van der Waals surface area contributed by atoms with Crippen LogP contribution >= 0.6 is 0 Å². The van der Waals surface area contributed by atoms with Crippen LogP contribution in [0.1, 0.15) is 64.7 Å². The van der Waals surface area contributed by atoms with Crippen molar-refractivity contribution in [2.24, 2.45) is 0 Å². The van der Waals surface area contributed by atoms with E-state index >= 15 is 0 Å². The molecule has 0 spiro atoms. The first-order valence-corrected chi connectivity index (χ1v) is 7.91. The monoisotopic (exact) mass is 282 g/mol. The minimum atomic E-state index is -1.04. The van der Waals surface area contributed by atoms with Crippen LogP contribution in [0.2, 0.25) is 0 Å². The zero-order valence-corrected chi connectivity index (χ0v) is 12.4. The molecule has 2 aliphatic rings. The van der Waals surface area contributed by atoms with E-state index in [0.717, 1.165) is 51.5 Å². The largest absolute Gasteiger partial charge is 0.480 e. The average Bonchev–Trinajstić information content (AvgIpc) is 2.48. The van der Waals surface area contributed by atoms with Crippen molar-refractivity contribution in [1.29, 1.82) is 0 Å². The van der Waals surface area contributed by atoms with Crippen molar-refractivity contribution in [2.75, 3.05) is 6.54 Å². The summed E-state index contributed by atoms with van der Waals surface area (Å²) >= 11 is 0. The summed E-state index contributed by atoms with van der Waals surface area (Å²) in [4.78, 5) is 26.0. The first-order chi connectivity index (χ1) is 9.59. The summed E-state index contributed by atoms with van der Waals surface area (Å²) in [5.41, 5.74) is -1.04. The van der Waals surface area contributed by atoms with Crippen LogP contribution in [0.5, 0.6) is 0 Å². The van der Waals surface area contributed by atoms with Crippen LogP contribution in [-0.2, 0) is 4.79 Å². The molecule has 1 aliphatic heterocycles. The van der Waals surface area contributed by atoms with Gasteiger partial charge >= 0.3 is 12.0 Å². The molecule has 1 atom stereocenters. The van der Waals surface area contributed by atoms with Crippen molar-refractivity contribution in [3.63, 3.8) is 0 Å². The van der Waals surface area contributed by atoms with Gasteiger partial charge in [-0.25, -0.2) is 9.59 Å². The number of carbonyl (C=O) groups excluding carboxylic acids is 1. The molecule has 2 fully saturated rings. The zero-order chi connectivity index (χ0) is 14.6. The van der Waals surface area contributed by atoms with Crippen molar-refractivity contribution in [1.82, 2.24) is 10.2 Å². The Morgan fingerprint density at radius 1 is 1.20 bits per heavy atom. The minimum absolute atomic E-state index is 0.180. The molecule has 1 heterocycles. The molecule has 0 aromatic carbocycles. The predicted octanol–water partition coefficient (Wildman–Crippen LogP) is 2.75. The first-order valence-electron chi connectivity index (χ1n) is 7.91. The zero-order valence-electron chi connectivity index (χ0n) is 12.4. The van der Waals surface area contributed by atoms with Crippen LogP contribution in [0.15, 0.2) is 0 Å². The standard InChI is InChI=1S/C15H26N2O3/c1-2-12-8-4-7-11-17(12)14(20)16-15(13(18)19)9-5-3-6-10-15/h12H,2-11H2,1H3,(H,16,20)(H,18,19). The van der Waals surface area contributed by atoms with Gasteiger partial charge in [-0.15, -0.1) is 0 Å². The molecule has 2 amide bonds. The van der Waals surface area contributed by atoms with E-state index in [4.69, 9.17) is 0 Å². The second kappa shape index (κ2) is 6.46. The number of urea groups is 1. The number of carboxylic acids is 1. The molecule has 20 heavy (non-hydrogen) atoms. The average molecular weight is 282 g/mol. The summed E-state index contributed by atoms with van der Waals surface area (Å²) in [5, 5.41) is 12.4. The number of carbonyl (C=O) groups is 2. The summed E-state index contributed by atoms with van der Waals surface area (Å²) < 4.78 is 0. The van der Waals surface area contributed by atoms with Crippen LogP contribution in [-0.4, -0.2) is 40.1 Å². The Hall–Kier alpha value is -1.26.